The monoisotopic (exact) mass is 302 g/mol. The van der Waals surface area contributed by atoms with Crippen LogP contribution in [0.1, 0.15) is 41.9 Å². The third-order valence-electron chi connectivity index (χ3n) is 3.56. The highest BCUT2D eigenvalue weighted by molar-refractivity contribution is 7.26. The minimum Gasteiger partial charge on any atom is -0.387 e. The van der Waals surface area contributed by atoms with E-state index in [9.17, 15) is 5.11 Å². The molecule has 2 aromatic heterocycles. The Bertz CT molecular complexity index is 663. The van der Waals surface area contributed by atoms with E-state index < -0.39 is 6.10 Å². The molecule has 0 spiro atoms. The molecule has 1 unspecified atom stereocenters. The largest absolute Gasteiger partial charge is 0.387 e. The van der Waals surface area contributed by atoms with Crippen LogP contribution in [0.3, 0.4) is 0 Å². The van der Waals surface area contributed by atoms with Gasteiger partial charge in [0, 0.05) is 20.7 Å². The summed E-state index contributed by atoms with van der Waals surface area (Å²) >= 11 is 3.44. The Balaban J connectivity index is 1.74. The Hall–Kier alpha value is -1.16. The normalized spacial score (nSPS) is 13.2. The zero-order chi connectivity index (χ0) is 14.1. The number of aliphatic hydroxyl groups excluding tert-OH is 1. The zero-order valence-corrected chi connectivity index (χ0v) is 13.3. The van der Waals surface area contributed by atoms with Gasteiger partial charge in [0.1, 0.15) is 0 Å². The first-order valence-electron chi connectivity index (χ1n) is 6.87. The molecule has 3 aromatic rings. The first-order valence-corrected chi connectivity index (χ1v) is 8.57. The fourth-order valence-corrected chi connectivity index (χ4v) is 4.42. The minimum atomic E-state index is -0.399. The van der Waals surface area contributed by atoms with Crippen LogP contribution in [0.5, 0.6) is 0 Å². The molecule has 0 aliphatic rings. The number of rotatable bonds is 4. The van der Waals surface area contributed by atoms with Crippen LogP contribution >= 0.6 is 22.7 Å². The maximum absolute atomic E-state index is 10.4. The van der Waals surface area contributed by atoms with Gasteiger partial charge in [-0.25, -0.2) is 0 Å². The lowest BCUT2D eigenvalue weighted by Crippen LogP contribution is -1.99. The molecule has 1 N–H and O–H groups in total. The van der Waals surface area contributed by atoms with Gasteiger partial charge in [-0.15, -0.1) is 22.7 Å². The molecule has 1 atom stereocenters. The fraction of sp³-hybridized carbons (Fsp3) is 0.294. The van der Waals surface area contributed by atoms with Crippen molar-refractivity contribution in [3.63, 3.8) is 0 Å². The predicted octanol–water partition coefficient (Wildman–Crippen LogP) is 5.36. The molecule has 0 bridgehead atoms. The molecule has 3 heteroatoms. The summed E-state index contributed by atoms with van der Waals surface area (Å²) in [6.07, 6.45) is 0.288. The number of aliphatic hydroxyl groups is 1. The van der Waals surface area contributed by atoms with Gasteiger partial charge in [-0.3, -0.25) is 0 Å². The van der Waals surface area contributed by atoms with Crippen molar-refractivity contribution < 1.29 is 5.11 Å². The van der Waals surface area contributed by atoms with E-state index in [1.807, 2.05) is 0 Å². The molecule has 0 amide bonds. The van der Waals surface area contributed by atoms with Crippen LogP contribution in [0.2, 0.25) is 0 Å². The third-order valence-corrected chi connectivity index (χ3v) is 5.76. The standard InChI is InChI=1S/C17H18OS2/c1-11(2)13-5-3-12(4-6-13)9-14(18)16-10-17-15(20-16)7-8-19-17/h3-8,10-11,14,18H,9H2,1-2H3. The number of hydrogen-bond donors (Lipinski definition) is 1. The predicted molar refractivity (Wildman–Crippen MR) is 88.9 cm³/mol. The average Bonchev–Trinajstić information content (AvgIpc) is 2.99. The lowest BCUT2D eigenvalue weighted by Gasteiger charge is -2.10. The quantitative estimate of drug-likeness (QED) is 0.687. The van der Waals surface area contributed by atoms with Gasteiger partial charge in [-0.2, -0.15) is 0 Å². The second-order valence-corrected chi connectivity index (χ2v) is 7.48. The highest BCUT2D eigenvalue weighted by Gasteiger charge is 2.13. The van der Waals surface area contributed by atoms with Crippen LogP contribution in [0, 0.1) is 0 Å². The summed E-state index contributed by atoms with van der Waals surface area (Å²) in [5, 5.41) is 12.5. The molecular weight excluding hydrogens is 284 g/mol. The molecule has 1 aromatic carbocycles. The highest BCUT2D eigenvalue weighted by atomic mass is 32.1. The molecule has 2 heterocycles. The van der Waals surface area contributed by atoms with Crippen molar-refractivity contribution in [2.24, 2.45) is 0 Å². The Morgan fingerprint density at radius 1 is 1.05 bits per heavy atom. The number of fused-ring (bicyclic) bond motifs is 1. The first kappa shape index (κ1) is 13.8. The van der Waals surface area contributed by atoms with Gasteiger partial charge in [0.25, 0.3) is 0 Å². The molecule has 0 aliphatic heterocycles. The Labute approximate surface area is 127 Å². The van der Waals surface area contributed by atoms with Gasteiger partial charge in [0.2, 0.25) is 0 Å². The molecule has 0 radical (unpaired) electrons. The molecule has 20 heavy (non-hydrogen) atoms. The minimum absolute atomic E-state index is 0.399. The van der Waals surface area contributed by atoms with Crippen molar-refractivity contribution in [3.8, 4) is 0 Å². The van der Waals surface area contributed by atoms with Crippen molar-refractivity contribution in [1.29, 1.82) is 0 Å². The molecule has 3 rings (SSSR count). The zero-order valence-electron chi connectivity index (χ0n) is 11.7. The highest BCUT2D eigenvalue weighted by Crippen LogP contribution is 2.34. The summed E-state index contributed by atoms with van der Waals surface area (Å²) in [6, 6.07) is 12.8. The SMILES string of the molecule is CC(C)c1ccc(CC(O)c2cc3sccc3s2)cc1. The summed E-state index contributed by atoms with van der Waals surface area (Å²) in [6.45, 7) is 4.39. The third kappa shape index (κ3) is 2.80. The summed E-state index contributed by atoms with van der Waals surface area (Å²) < 4.78 is 2.55. The van der Waals surface area contributed by atoms with E-state index >= 15 is 0 Å². The fourth-order valence-electron chi connectivity index (χ4n) is 2.31. The number of hydrogen-bond acceptors (Lipinski definition) is 3. The lowest BCUT2D eigenvalue weighted by molar-refractivity contribution is 0.182. The molecule has 0 saturated carbocycles. The van der Waals surface area contributed by atoms with Crippen molar-refractivity contribution in [1.82, 2.24) is 0 Å². The van der Waals surface area contributed by atoms with Gasteiger partial charge in [-0.05, 0) is 34.6 Å². The van der Waals surface area contributed by atoms with Gasteiger partial charge >= 0.3 is 0 Å². The van der Waals surface area contributed by atoms with E-state index in [1.54, 1.807) is 22.7 Å². The van der Waals surface area contributed by atoms with Crippen molar-refractivity contribution in [2.45, 2.75) is 32.3 Å². The van der Waals surface area contributed by atoms with Crippen LogP contribution in [0.4, 0.5) is 0 Å². The van der Waals surface area contributed by atoms with E-state index in [1.165, 1.54) is 20.5 Å². The summed E-state index contributed by atoms with van der Waals surface area (Å²) in [7, 11) is 0. The Morgan fingerprint density at radius 3 is 2.45 bits per heavy atom. The van der Waals surface area contributed by atoms with Crippen molar-refractivity contribution in [3.05, 3.63) is 57.8 Å². The molecule has 104 valence electrons. The van der Waals surface area contributed by atoms with Gasteiger partial charge in [-0.1, -0.05) is 38.1 Å². The van der Waals surface area contributed by atoms with Crippen LogP contribution < -0.4 is 0 Å². The molecule has 0 saturated heterocycles. The van der Waals surface area contributed by atoms with Crippen LogP contribution in [0.25, 0.3) is 9.40 Å². The Kier molecular flexibility index (Phi) is 3.92. The summed E-state index contributed by atoms with van der Waals surface area (Å²) in [5.41, 5.74) is 2.54. The van der Waals surface area contributed by atoms with Crippen LogP contribution in [-0.2, 0) is 6.42 Å². The summed E-state index contributed by atoms with van der Waals surface area (Å²) in [4.78, 5) is 1.07. The smallest absolute Gasteiger partial charge is 0.0922 e. The van der Waals surface area contributed by atoms with Crippen LogP contribution in [0.15, 0.2) is 41.8 Å². The van der Waals surface area contributed by atoms with Gasteiger partial charge in [0.05, 0.1) is 6.10 Å². The molecular formula is C17H18OS2. The maximum Gasteiger partial charge on any atom is 0.0922 e. The lowest BCUT2D eigenvalue weighted by atomic mass is 9.99. The number of benzene rings is 1. The summed E-state index contributed by atoms with van der Waals surface area (Å²) in [5.74, 6) is 0.554. The molecule has 0 fully saturated rings. The topological polar surface area (TPSA) is 20.2 Å². The number of thiophene rings is 2. The maximum atomic E-state index is 10.4. The molecule has 1 nitrogen and oxygen atoms in total. The first-order chi connectivity index (χ1) is 9.63. The van der Waals surface area contributed by atoms with Crippen molar-refractivity contribution >= 4 is 32.1 Å². The van der Waals surface area contributed by atoms with E-state index in [2.05, 4.69) is 55.6 Å². The van der Waals surface area contributed by atoms with E-state index in [-0.39, 0.29) is 0 Å². The second kappa shape index (κ2) is 5.68. The molecule has 0 aliphatic carbocycles. The second-order valence-electron chi connectivity index (χ2n) is 5.41. The van der Waals surface area contributed by atoms with Crippen molar-refractivity contribution in [2.75, 3.05) is 0 Å². The van der Waals surface area contributed by atoms with E-state index in [0.717, 1.165) is 4.88 Å². The van der Waals surface area contributed by atoms with Gasteiger partial charge < -0.3 is 5.11 Å². The van der Waals surface area contributed by atoms with Gasteiger partial charge in [0.15, 0.2) is 0 Å². The van der Waals surface area contributed by atoms with Crippen LogP contribution in [-0.4, -0.2) is 5.11 Å². The average molecular weight is 302 g/mol. The van der Waals surface area contributed by atoms with E-state index in [4.69, 9.17) is 0 Å². The van der Waals surface area contributed by atoms with E-state index in [0.29, 0.717) is 12.3 Å². The Morgan fingerprint density at radius 2 is 1.80 bits per heavy atom.